The number of para-hydroxylation sites is 1. The van der Waals surface area contributed by atoms with Crippen molar-refractivity contribution in [2.45, 2.75) is 0 Å². The van der Waals surface area contributed by atoms with E-state index in [0.717, 1.165) is 11.3 Å². The lowest BCUT2D eigenvalue weighted by atomic mass is 10.3. The highest BCUT2D eigenvalue weighted by Gasteiger charge is 2.16. The molecular formula is C10H8ClFN4OS. The third-order valence-electron chi connectivity index (χ3n) is 2.03. The van der Waals surface area contributed by atoms with Gasteiger partial charge in [-0.2, -0.15) is 0 Å². The molecule has 0 radical (unpaired) electrons. The van der Waals surface area contributed by atoms with Gasteiger partial charge in [0, 0.05) is 7.05 Å². The molecule has 0 aliphatic rings. The maximum atomic E-state index is 13.5. The fraction of sp³-hybridized carbons (Fsp3) is 0.100. The van der Waals surface area contributed by atoms with Crippen molar-refractivity contribution >= 4 is 39.7 Å². The lowest BCUT2D eigenvalue weighted by molar-refractivity contribution is 0.102. The van der Waals surface area contributed by atoms with E-state index in [1.54, 1.807) is 7.05 Å². The molecule has 0 unspecified atom stereocenters. The average molecular weight is 287 g/mol. The van der Waals surface area contributed by atoms with E-state index in [1.165, 1.54) is 18.2 Å². The van der Waals surface area contributed by atoms with Crippen molar-refractivity contribution in [2.24, 2.45) is 0 Å². The Balaban J connectivity index is 2.21. The minimum Gasteiger partial charge on any atom is -0.363 e. The second kappa shape index (κ2) is 5.28. The number of hydrogen-bond acceptors (Lipinski definition) is 5. The second-order valence-electron chi connectivity index (χ2n) is 3.21. The van der Waals surface area contributed by atoms with Gasteiger partial charge in [0.2, 0.25) is 10.1 Å². The number of benzene rings is 1. The fourth-order valence-electron chi connectivity index (χ4n) is 1.20. The van der Waals surface area contributed by atoms with Gasteiger partial charge in [-0.25, -0.2) is 4.39 Å². The summed E-state index contributed by atoms with van der Waals surface area (Å²) in [7, 11) is 1.66. The van der Waals surface area contributed by atoms with Crippen LogP contribution in [0.2, 0.25) is 5.02 Å². The SMILES string of the molecule is CNc1nnc(C(=O)Nc2c(F)cccc2Cl)s1. The van der Waals surface area contributed by atoms with E-state index in [-0.39, 0.29) is 15.7 Å². The van der Waals surface area contributed by atoms with E-state index in [0.29, 0.717) is 5.13 Å². The summed E-state index contributed by atoms with van der Waals surface area (Å²) in [6, 6.07) is 4.15. The number of halogens is 2. The lowest BCUT2D eigenvalue weighted by Crippen LogP contribution is -2.13. The predicted molar refractivity (Wildman–Crippen MR) is 68.8 cm³/mol. The van der Waals surface area contributed by atoms with E-state index in [9.17, 15) is 9.18 Å². The molecule has 5 nitrogen and oxygen atoms in total. The molecule has 0 aliphatic carbocycles. The first kappa shape index (κ1) is 12.7. The highest BCUT2D eigenvalue weighted by atomic mass is 35.5. The molecular weight excluding hydrogens is 279 g/mol. The van der Waals surface area contributed by atoms with Crippen molar-refractivity contribution in [3.63, 3.8) is 0 Å². The van der Waals surface area contributed by atoms with Crippen LogP contribution >= 0.6 is 22.9 Å². The molecule has 94 valence electrons. The lowest BCUT2D eigenvalue weighted by Gasteiger charge is -2.05. The minimum atomic E-state index is -0.603. The summed E-state index contributed by atoms with van der Waals surface area (Å²) in [6.45, 7) is 0. The molecule has 1 amide bonds. The molecule has 2 aromatic rings. The number of hydrogen-bond donors (Lipinski definition) is 2. The van der Waals surface area contributed by atoms with Gasteiger partial charge in [0.25, 0.3) is 5.91 Å². The van der Waals surface area contributed by atoms with Crippen LogP contribution in [0.25, 0.3) is 0 Å². The number of nitrogens with zero attached hydrogens (tertiary/aromatic N) is 2. The summed E-state index contributed by atoms with van der Waals surface area (Å²) < 4.78 is 13.5. The van der Waals surface area contributed by atoms with Crippen molar-refractivity contribution in [1.82, 2.24) is 10.2 Å². The van der Waals surface area contributed by atoms with Gasteiger partial charge >= 0.3 is 0 Å². The fourth-order valence-corrected chi connectivity index (χ4v) is 2.00. The van der Waals surface area contributed by atoms with Crippen LogP contribution in [0.4, 0.5) is 15.2 Å². The maximum absolute atomic E-state index is 13.5. The van der Waals surface area contributed by atoms with Gasteiger partial charge in [-0.05, 0) is 12.1 Å². The van der Waals surface area contributed by atoms with E-state index in [4.69, 9.17) is 11.6 Å². The van der Waals surface area contributed by atoms with Crippen LogP contribution in [0.15, 0.2) is 18.2 Å². The molecule has 0 fully saturated rings. The van der Waals surface area contributed by atoms with Crippen molar-refractivity contribution in [2.75, 3.05) is 17.7 Å². The number of nitrogens with one attached hydrogen (secondary N) is 2. The van der Waals surface area contributed by atoms with Crippen LogP contribution in [-0.4, -0.2) is 23.2 Å². The van der Waals surface area contributed by atoms with Crippen molar-refractivity contribution < 1.29 is 9.18 Å². The molecule has 0 bridgehead atoms. The first-order valence-corrected chi connectivity index (χ1v) is 6.08. The van der Waals surface area contributed by atoms with Gasteiger partial charge in [-0.15, -0.1) is 10.2 Å². The van der Waals surface area contributed by atoms with Gasteiger partial charge in [0.05, 0.1) is 10.7 Å². The molecule has 1 aromatic carbocycles. The van der Waals surface area contributed by atoms with Crippen LogP contribution in [-0.2, 0) is 0 Å². The third kappa shape index (κ3) is 2.57. The van der Waals surface area contributed by atoms with E-state index in [2.05, 4.69) is 20.8 Å². The van der Waals surface area contributed by atoms with Gasteiger partial charge in [0.1, 0.15) is 5.82 Å². The predicted octanol–water partition coefficient (Wildman–Crippen LogP) is 2.62. The van der Waals surface area contributed by atoms with Crippen molar-refractivity contribution in [1.29, 1.82) is 0 Å². The maximum Gasteiger partial charge on any atom is 0.286 e. The van der Waals surface area contributed by atoms with Crippen molar-refractivity contribution in [3.05, 3.63) is 34.0 Å². The summed E-state index contributed by atoms with van der Waals surface area (Å²) in [5.74, 6) is -1.16. The Labute approximate surface area is 111 Å². The van der Waals surface area contributed by atoms with Gasteiger partial charge in [-0.3, -0.25) is 4.79 Å². The van der Waals surface area contributed by atoms with Crippen LogP contribution < -0.4 is 10.6 Å². The molecule has 0 aliphatic heterocycles. The number of rotatable bonds is 3. The Hall–Kier alpha value is -1.73. The van der Waals surface area contributed by atoms with E-state index < -0.39 is 11.7 Å². The molecule has 2 N–H and O–H groups in total. The molecule has 18 heavy (non-hydrogen) atoms. The Bertz CT molecular complexity index is 569. The summed E-state index contributed by atoms with van der Waals surface area (Å²) in [4.78, 5) is 11.8. The van der Waals surface area contributed by atoms with Crippen LogP contribution in [0.5, 0.6) is 0 Å². The van der Waals surface area contributed by atoms with E-state index >= 15 is 0 Å². The Morgan fingerprint density at radius 1 is 1.44 bits per heavy atom. The Morgan fingerprint density at radius 3 is 2.83 bits per heavy atom. The topological polar surface area (TPSA) is 66.9 Å². The molecule has 1 heterocycles. The summed E-state index contributed by atoms with van der Waals surface area (Å²) in [5, 5.41) is 13.3. The third-order valence-corrected chi connectivity index (χ3v) is 3.29. The summed E-state index contributed by atoms with van der Waals surface area (Å²) in [5.41, 5.74) is -0.0645. The normalized spacial score (nSPS) is 10.2. The van der Waals surface area contributed by atoms with Crippen molar-refractivity contribution in [3.8, 4) is 0 Å². The van der Waals surface area contributed by atoms with Gasteiger partial charge < -0.3 is 10.6 Å². The second-order valence-corrected chi connectivity index (χ2v) is 4.60. The van der Waals surface area contributed by atoms with Crippen LogP contribution in [0.3, 0.4) is 0 Å². The first-order valence-electron chi connectivity index (χ1n) is 4.88. The number of carbonyl (C=O) groups excluding carboxylic acids is 1. The number of anilines is 2. The monoisotopic (exact) mass is 286 g/mol. The molecule has 2 rings (SSSR count). The smallest absolute Gasteiger partial charge is 0.286 e. The zero-order valence-corrected chi connectivity index (χ0v) is 10.8. The first-order chi connectivity index (χ1) is 8.61. The van der Waals surface area contributed by atoms with Crippen LogP contribution in [0.1, 0.15) is 9.80 Å². The molecule has 0 saturated carbocycles. The standard InChI is InChI=1S/C10H8ClFN4OS/c1-13-10-16-15-9(18-10)8(17)14-7-5(11)3-2-4-6(7)12/h2-4H,1H3,(H,13,16)(H,14,17). The largest absolute Gasteiger partial charge is 0.363 e. The van der Waals surface area contributed by atoms with Gasteiger partial charge in [-0.1, -0.05) is 29.0 Å². The highest BCUT2D eigenvalue weighted by Crippen LogP contribution is 2.25. The molecule has 0 spiro atoms. The highest BCUT2D eigenvalue weighted by molar-refractivity contribution is 7.17. The van der Waals surface area contributed by atoms with Gasteiger partial charge in [0.15, 0.2) is 0 Å². The molecule has 0 saturated heterocycles. The van der Waals surface area contributed by atoms with E-state index in [1.807, 2.05) is 0 Å². The molecule has 8 heteroatoms. The quantitative estimate of drug-likeness (QED) is 0.910. The molecule has 0 atom stereocenters. The number of carbonyl (C=O) groups is 1. The zero-order chi connectivity index (χ0) is 13.1. The Morgan fingerprint density at radius 2 is 2.22 bits per heavy atom. The summed E-state index contributed by atoms with van der Waals surface area (Å²) >= 11 is 6.85. The molecule has 1 aromatic heterocycles. The average Bonchev–Trinajstić information content (AvgIpc) is 2.82. The number of amides is 1. The summed E-state index contributed by atoms with van der Waals surface area (Å²) in [6.07, 6.45) is 0. The minimum absolute atomic E-state index is 0.0645. The number of aromatic nitrogens is 2. The Kier molecular flexibility index (Phi) is 3.73. The zero-order valence-electron chi connectivity index (χ0n) is 9.20. The van der Waals surface area contributed by atoms with Crippen LogP contribution in [0, 0.1) is 5.82 Å².